The van der Waals surface area contributed by atoms with Crippen molar-refractivity contribution in [1.29, 1.82) is 0 Å². The van der Waals surface area contributed by atoms with Crippen LogP contribution in [0.4, 0.5) is 17.2 Å². The first-order valence-electron chi connectivity index (χ1n) is 13.1. The Morgan fingerprint density at radius 3 is 2.85 bits per heavy atom. The molecule has 10 heteroatoms. The van der Waals surface area contributed by atoms with Crippen molar-refractivity contribution in [3.05, 3.63) is 83.9 Å². The Morgan fingerprint density at radius 2 is 2.08 bits per heavy atom. The van der Waals surface area contributed by atoms with Crippen LogP contribution in [0.1, 0.15) is 19.5 Å². The van der Waals surface area contributed by atoms with E-state index in [2.05, 4.69) is 39.0 Å². The summed E-state index contributed by atoms with van der Waals surface area (Å²) in [6.45, 7) is 6.05. The Kier molecular flexibility index (Phi) is 8.42. The minimum absolute atomic E-state index is 0.0968. The topological polar surface area (TPSA) is 92.7 Å². The molecule has 9 nitrogen and oxygen atoms in total. The third-order valence-corrected chi connectivity index (χ3v) is 6.98. The Balaban J connectivity index is 1.38. The van der Waals surface area contributed by atoms with Gasteiger partial charge in [-0.3, -0.25) is 9.78 Å². The van der Waals surface area contributed by atoms with Crippen LogP contribution in [0.15, 0.2) is 73.2 Å². The van der Waals surface area contributed by atoms with Gasteiger partial charge < -0.3 is 24.6 Å². The summed E-state index contributed by atoms with van der Waals surface area (Å²) in [5.41, 5.74) is 2.90. The smallest absolute Gasteiger partial charge is 0.250 e. The number of nitrogens with zero attached hydrogens (tertiary/aromatic N) is 5. The van der Waals surface area contributed by atoms with E-state index in [1.807, 2.05) is 49.5 Å². The minimum atomic E-state index is -0.0968. The van der Waals surface area contributed by atoms with Gasteiger partial charge in [-0.05, 0) is 63.4 Å². The van der Waals surface area contributed by atoms with Gasteiger partial charge in [-0.15, -0.1) is 0 Å². The zero-order valence-electron chi connectivity index (χ0n) is 22.7. The lowest BCUT2D eigenvalue weighted by atomic mass is 10.1. The highest BCUT2D eigenvalue weighted by atomic mass is 35.5. The summed E-state index contributed by atoms with van der Waals surface area (Å²) in [5, 5.41) is 4.47. The number of rotatable bonds is 9. The average molecular weight is 559 g/mol. The van der Waals surface area contributed by atoms with E-state index < -0.39 is 0 Å². The fraction of sp³-hybridized carbons (Fsp3) is 0.267. The molecule has 0 radical (unpaired) electrons. The molecule has 0 fully saturated rings. The predicted molar refractivity (Wildman–Crippen MR) is 158 cm³/mol. The van der Waals surface area contributed by atoms with Crippen molar-refractivity contribution < 1.29 is 14.3 Å². The molecule has 4 aromatic rings. The average Bonchev–Trinajstić information content (AvgIpc) is 2.96. The molecule has 1 amide bonds. The standard InChI is InChI=1S/C30H31ClN6O3/c1-20(2)36(3)14-6-8-27(38)37-15-16-39-29-25(37)11-10-24-28(29)30(34-19-33-24)35-21-9-12-26(23(31)17-21)40-18-22-7-4-5-13-32-22/h4-13,17,19-20H,14-16,18H2,1-3H3,(H,33,34,35)/b8-6+. The van der Waals surface area contributed by atoms with Gasteiger partial charge in [-0.1, -0.05) is 23.7 Å². The number of anilines is 3. The molecule has 0 bridgehead atoms. The highest BCUT2D eigenvalue weighted by Gasteiger charge is 2.26. The van der Waals surface area contributed by atoms with Gasteiger partial charge in [-0.25, -0.2) is 9.97 Å². The number of hydrogen-bond donors (Lipinski definition) is 1. The quantitative estimate of drug-likeness (QED) is 0.265. The number of pyridine rings is 1. The molecule has 1 aliphatic rings. The molecule has 2 aromatic heterocycles. The third-order valence-electron chi connectivity index (χ3n) is 6.69. The second-order valence-corrected chi connectivity index (χ2v) is 10.1. The maximum absolute atomic E-state index is 13.1. The van der Waals surface area contributed by atoms with Crippen LogP contribution in [0, 0.1) is 0 Å². The summed E-state index contributed by atoms with van der Waals surface area (Å²) in [7, 11) is 2.03. The highest BCUT2D eigenvalue weighted by Crippen LogP contribution is 2.41. The number of benzene rings is 2. The first kappa shape index (κ1) is 27.4. The van der Waals surface area contributed by atoms with E-state index in [0.717, 1.165) is 5.69 Å². The zero-order valence-corrected chi connectivity index (χ0v) is 23.4. The normalized spacial score (nSPS) is 13.1. The summed E-state index contributed by atoms with van der Waals surface area (Å²) in [4.78, 5) is 30.2. The lowest BCUT2D eigenvalue weighted by Crippen LogP contribution is -2.37. The van der Waals surface area contributed by atoms with Gasteiger partial charge >= 0.3 is 0 Å². The van der Waals surface area contributed by atoms with Crippen LogP contribution in [0.5, 0.6) is 11.5 Å². The van der Waals surface area contributed by atoms with Crippen LogP contribution in [0.3, 0.4) is 0 Å². The number of aromatic nitrogens is 3. The molecule has 0 saturated heterocycles. The number of fused-ring (bicyclic) bond motifs is 3. The summed E-state index contributed by atoms with van der Waals surface area (Å²) < 4.78 is 11.9. The number of carbonyl (C=O) groups excluding carboxylic acids is 1. The molecule has 40 heavy (non-hydrogen) atoms. The second kappa shape index (κ2) is 12.3. The summed E-state index contributed by atoms with van der Waals surface area (Å²) >= 11 is 6.53. The van der Waals surface area contributed by atoms with Crippen LogP contribution in [-0.4, -0.2) is 58.5 Å². The molecule has 2 aromatic carbocycles. The molecule has 0 spiro atoms. The van der Waals surface area contributed by atoms with E-state index >= 15 is 0 Å². The molecule has 206 valence electrons. The first-order chi connectivity index (χ1) is 19.4. The summed E-state index contributed by atoms with van der Waals surface area (Å²) in [5.74, 6) is 1.56. The minimum Gasteiger partial charge on any atom is -0.489 e. The van der Waals surface area contributed by atoms with Gasteiger partial charge in [0.25, 0.3) is 5.91 Å². The van der Waals surface area contributed by atoms with Gasteiger partial charge in [0.1, 0.15) is 31.1 Å². The molecule has 0 saturated carbocycles. The van der Waals surface area contributed by atoms with Crippen molar-refractivity contribution >= 4 is 45.6 Å². The lowest BCUT2D eigenvalue weighted by molar-refractivity contribution is -0.114. The number of carbonyl (C=O) groups is 1. The molecule has 0 aliphatic carbocycles. The molecular formula is C30H31ClN6O3. The number of hydrogen-bond acceptors (Lipinski definition) is 8. The monoisotopic (exact) mass is 558 g/mol. The van der Waals surface area contributed by atoms with E-state index in [1.165, 1.54) is 6.33 Å². The fourth-order valence-corrected chi connectivity index (χ4v) is 4.48. The lowest BCUT2D eigenvalue weighted by Gasteiger charge is -2.30. The molecule has 1 aliphatic heterocycles. The van der Waals surface area contributed by atoms with Crippen LogP contribution < -0.4 is 19.7 Å². The number of nitrogens with one attached hydrogen (secondary N) is 1. The molecular weight excluding hydrogens is 528 g/mol. The maximum atomic E-state index is 13.1. The molecule has 0 unspecified atom stereocenters. The van der Waals surface area contributed by atoms with Gasteiger partial charge in [0.05, 0.1) is 33.9 Å². The van der Waals surface area contributed by atoms with Crippen molar-refractivity contribution in [2.45, 2.75) is 26.5 Å². The van der Waals surface area contributed by atoms with E-state index in [0.29, 0.717) is 77.0 Å². The Morgan fingerprint density at radius 1 is 1.20 bits per heavy atom. The molecule has 3 heterocycles. The number of ether oxygens (including phenoxy) is 2. The van der Waals surface area contributed by atoms with E-state index in [-0.39, 0.29) is 5.91 Å². The van der Waals surface area contributed by atoms with Crippen molar-refractivity contribution in [1.82, 2.24) is 19.9 Å². The molecule has 5 rings (SSSR count). The van der Waals surface area contributed by atoms with Crippen LogP contribution in [0.2, 0.25) is 5.02 Å². The molecule has 1 N–H and O–H groups in total. The first-order valence-corrected chi connectivity index (χ1v) is 13.5. The van der Waals surface area contributed by atoms with Crippen molar-refractivity contribution in [3.63, 3.8) is 0 Å². The van der Waals surface area contributed by atoms with Gasteiger partial charge in [-0.2, -0.15) is 0 Å². The predicted octanol–water partition coefficient (Wildman–Crippen LogP) is 5.62. The summed E-state index contributed by atoms with van der Waals surface area (Å²) in [6.07, 6.45) is 6.73. The van der Waals surface area contributed by atoms with Crippen molar-refractivity contribution in [2.24, 2.45) is 0 Å². The second-order valence-electron chi connectivity index (χ2n) is 9.68. The zero-order chi connectivity index (χ0) is 28.1. The third kappa shape index (κ3) is 6.16. The van der Waals surface area contributed by atoms with Gasteiger partial charge in [0.2, 0.25) is 0 Å². The number of amides is 1. The van der Waals surface area contributed by atoms with Crippen LogP contribution in [0.25, 0.3) is 10.9 Å². The number of likely N-dealkylation sites (N-methyl/N-ethyl adjacent to an activating group) is 1. The fourth-order valence-electron chi connectivity index (χ4n) is 4.24. The van der Waals surface area contributed by atoms with Gasteiger partial charge in [0, 0.05) is 30.5 Å². The van der Waals surface area contributed by atoms with Crippen molar-refractivity contribution in [2.75, 3.05) is 37.0 Å². The van der Waals surface area contributed by atoms with Gasteiger partial charge in [0.15, 0.2) is 5.75 Å². The van der Waals surface area contributed by atoms with E-state index in [9.17, 15) is 4.79 Å². The highest BCUT2D eigenvalue weighted by molar-refractivity contribution is 6.32. The largest absolute Gasteiger partial charge is 0.489 e. The van der Waals surface area contributed by atoms with Crippen LogP contribution >= 0.6 is 11.6 Å². The Hall–Kier alpha value is -4.21. The van der Waals surface area contributed by atoms with Crippen LogP contribution in [-0.2, 0) is 11.4 Å². The van der Waals surface area contributed by atoms with E-state index in [1.54, 1.807) is 29.3 Å². The van der Waals surface area contributed by atoms with E-state index in [4.69, 9.17) is 21.1 Å². The molecule has 0 atom stereocenters. The SMILES string of the molecule is CC(C)N(C)C/C=C/C(=O)N1CCOc2c1ccc1ncnc(Nc3ccc(OCc4ccccn4)c(Cl)c3)c21. The Bertz CT molecular complexity index is 1530. The Labute approximate surface area is 238 Å². The van der Waals surface area contributed by atoms with Crippen molar-refractivity contribution in [3.8, 4) is 11.5 Å². The maximum Gasteiger partial charge on any atom is 0.250 e. The summed E-state index contributed by atoms with van der Waals surface area (Å²) in [6, 6.07) is 15.2. The number of halogens is 1.